The molecule has 0 aliphatic heterocycles. The first kappa shape index (κ1) is 12.7. The third-order valence-corrected chi connectivity index (χ3v) is 4.59. The van der Waals surface area contributed by atoms with E-state index in [1.807, 2.05) is 6.07 Å². The zero-order valence-electron chi connectivity index (χ0n) is 9.50. The van der Waals surface area contributed by atoms with E-state index in [1.165, 1.54) is 6.07 Å². The highest BCUT2D eigenvalue weighted by Crippen LogP contribution is 2.24. The molecule has 0 N–H and O–H groups in total. The van der Waals surface area contributed by atoms with E-state index >= 15 is 0 Å². The molecule has 0 spiro atoms. The van der Waals surface area contributed by atoms with Crippen molar-refractivity contribution >= 4 is 15.9 Å². The predicted octanol–water partition coefficient (Wildman–Crippen LogP) is 4.42. The molecule has 0 saturated carbocycles. The normalized spacial score (nSPS) is 15.3. The van der Waals surface area contributed by atoms with Crippen LogP contribution in [0.2, 0.25) is 0 Å². The van der Waals surface area contributed by atoms with E-state index in [0.717, 1.165) is 12.0 Å². The molecule has 0 aliphatic rings. The molecule has 1 aromatic rings. The molecule has 0 aliphatic carbocycles. The van der Waals surface area contributed by atoms with E-state index < -0.39 is 0 Å². The monoisotopic (exact) mass is 272 g/mol. The van der Waals surface area contributed by atoms with Gasteiger partial charge in [-0.3, -0.25) is 0 Å². The number of hydrogen-bond acceptors (Lipinski definition) is 0. The van der Waals surface area contributed by atoms with Crippen LogP contribution in [0.3, 0.4) is 0 Å². The highest BCUT2D eigenvalue weighted by atomic mass is 79.9. The minimum Gasteiger partial charge on any atom is -0.207 e. The molecule has 84 valence electrons. The summed E-state index contributed by atoms with van der Waals surface area (Å²) >= 11 is 3.69. The SMILES string of the molecule is CC(C)C(Br)C(C)Cc1cccc(F)c1. The minimum atomic E-state index is -0.143. The van der Waals surface area contributed by atoms with Gasteiger partial charge in [0.25, 0.3) is 0 Å². The maximum absolute atomic E-state index is 13.0. The second-order valence-electron chi connectivity index (χ2n) is 4.50. The Hall–Kier alpha value is -0.370. The molecule has 0 heterocycles. The molecule has 1 aromatic carbocycles. The van der Waals surface area contributed by atoms with E-state index in [4.69, 9.17) is 0 Å². The molecule has 2 atom stereocenters. The van der Waals surface area contributed by atoms with Crippen molar-refractivity contribution in [2.45, 2.75) is 32.0 Å². The number of benzene rings is 1. The zero-order valence-corrected chi connectivity index (χ0v) is 11.1. The van der Waals surface area contributed by atoms with Crippen LogP contribution in [0.5, 0.6) is 0 Å². The first-order valence-electron chi connectivity index (χ1n) is 5.39. The van der Waals surface area contributed by atoms with E-state index in [9.17, 15) is 4.39 Å². The lowest BCUT2D eigenvalue weighted by Crippen LogP contribution is -2.19. The summed E-state index contributed by atoms with van der Waals surface area (Å²) in [4.78, 5) is 0.487. The fourth-order valence-electron chi connectivity index (χ4n) is 1.81. The lowest BCUT2D eigenvalue weighted by molar-refractivity contribution is 0.460. The summed E-state index contributed by atoms with van der Waals surface area (Å²) < 4.78 is 13.0. The Kier molecular flexibility index (Phi) is 4.78. The quantitative estimate of drug-likeness (QED) is 0.712. The van der Waals surface area contributed by atoms with Crippen LogP contribution < -0.4 is 0 Å². The summed E-state index contributed by atoms with van der Waals surface area (Å²) in [6, 6.07) is 6.87. The Morgan fingerprint density at radius 3 is 2.47 bits per heavy atom. The van der Waals surface area contributed by atoms with Crippen molar-refractivity contribution in [3.8, 4) is 0 Å². The second-order valence-corrected chi connectivity index (χ2v) is 5.56. The van der Waals surface area contributed by atoms with Gasteiger partial charge in [-0.05, 0) is 36.0 Å². The lowest BCUT2D eigenvalue weighted by Gasteiger charge is -2.21. The van der Waals surface area contributed by atoms with Gasteiger partial charge in [0.2, 0.25) is 0 Å². The number of rotatable bonds is 4. The van der Waals surface area contributed by atoms with Gasteiger partial charge in [0.05, 0.1) is 0 Å². The van der Waals surface area contributed by atoms with E-state index in [0.29, 0.717) is 16.7 Å². The molecule has 2 heteroatoms. The van der Waals surface area contributed by atoms with Crippen LogP contribution in [0.1, 0.15) is 26.3 Å². The van der Waals surface area contributed by atoms with Gasteiger partial charge in [0.1, 0.15) is 5.82 Å². The van der Waals surface area contributed by atoms with Crippen LogP contribution in [0.25, 0.3) is 0 Å². The average molecular weight is 273 g/mol. The average Bonchev–Trinajstić information content (AvgIpc) is 2.16. The largest absolute Gasteiger partial charge is 0.207 e. The molecule has 0 nitrogen and oxygen atoms in total. The lowest BCUT2D eigenvalue weighted by atomic mass is 9.92. The van der Waals surface area contributed by atoms with Crippen LogP contribution in [-0.4, -0.2) is 4.83 Å². The highest BCUT2D eigenvalue weighted by molar-refractivity contribution is 9.09. The summed E-state index contributed by atoms with van der Waals surface area (Å²) in [5.41, 5.74) is 1.08. The highest BCUT2D eigenvalue weighted by Gasteiger charge is 2.17. The standard InChI is InChI=1S/C13H18BrF/c1-9(2)13(14)10(3)7-11-5-4-6-12(15)8-11/h4-6,8-10,13H,7H2,1-3H3. The van der Waals surface area contributed by atoms with Gasteiger partial charge in [-0.2, -0.15) is 0 Å². The van der Waals surface area contributed by atoms with Crippen LogP contribution in [0.4, 0.5) is 4.39 Å². The van der Waals surface area contributed by atoms with Crippen molar-refractivity contribution < 1.29 is 4.39 Å². The van der Waals surface area contributed by atoms with Crippen molar-refractivity contribution in [2.75, 3.05) is 0 Å². The van der Waals surface area contributed by atoms with Crippen LogP contribution in [0.15, 0.2) is 24.3 Å². The molecule has 0 saturated heterocycles. The van der Waals surface area contributed by atoms with Crippen molar-refractivity contribution in [3.63, 3.8) is 0 Å². The fraction of sp³-hybridized carbons (Fsp3) is 0.538. The Labute approximate surface area is 100 Å². The summed E-state index contributed by atoms with van der Waals surface area (Å²) in [5.74, 6) is 0.982. The molecule has 0 radical (unpaired) electrons. The molecule has 1 rings (SSSR count). The molecule has 0 aromatic heterocycles. The molecule has 0 fully saturated rings. The Bertz CT molecular complexity index is 309. The number of alkyl halides is 1. The molecule has 15 heavy (non-hydrogen) atoms. The van der Waals surface area contributed by atoms with Crippen LogP contribution in [0, 0.1) is 17.7 Å². The van der Waals surface area contributed by atoms with Gasteiger partial charge in [-0.15, -0.1) is 0 Å². The van der Waals surface area contributed by atoms with Gasteiger partial charge >= 0.3 is 0 Å². The third-order valence-electron chi connectivity index (χ3n) is 2.63. The number of halogens is 2. The first-order valence-corrected chi connectivity index (χ1v) is 6.30. The fourth-order valence-corrected chi connectivity index (χ4v) is 1.99. The van der Waals surface area contributed by atoms with Crippen molar-refractivity contribution in [2.24, 2.45) is 11.8 Å². The van der Waals surface area contributed by atoms with Crippen molar-refractivity contribution in [1.29, 1.82) is 0 Å². The summed E-state index contributed by atoms with van der Waals surface area (Å²) in [7, 11) is 0. The van der Waals surface area contributed by atoms with Crippen molar-refractivity contribution in [3.05, 3.63) is 35.6 Å². The van der Waals surface area contributed by atoms with E-state index in [-0.39, 0.29) is 5.82 Å². The Morgan fingerprint density at radius 2 is 1.93 bits per heavy atom. The summed E-state index contributed by atoms with van der Waals surface area (Å²) in [6.07, 6.45) is 0.922. The molecule has 2 unspecified atom stereocenters. The van der Waals surface area contributed by atoms with Gasteiger partial charge in [-0.1, -0.05) is 48.8 Å². The third kappa shape index (κ3) is 3.94. The smallest absolute Gasteiger partial charge is 0.123 e. The van der Waals surface area contributed by atoms with Gasteiger partial charge in [0, 0.05) is 4.83 Å². The maximum atomic E-state index is 13.0. The predicted molar refractivity (Wildman–Crippen MR) is 66.8 cm³/mol. The maximum Gasteiger partial charge on any atom is 0.123 e. The molecular weight excluding hydrogens is 255 g/mol. The Morgan fingerprint density at radius 1 is 1.27 bits per heavy atom. The van der Waals surface area contributed by atoms with E-state index in [1.54, 1.807) is 12.1 Å². The summed E-state index contributed by atoms with van der Waals surface area (Å²) in [5, 5.41) is 0. The number of hydrogen-bond donors (Lipinski definition) is 0. The first-order chi connectivity index (χ1) is 7.00. The summed E-state index contributed by atoms with van der Waals surface area (Å²) in [6.45, 7) is 6.59. The molecule has 0 bridgehead atoms. The Balaban J connectivity index is 2.62. The van der Waals surface area contributed by atoms with Crippen molar-refractivity contribution in [1.82, 2.24) is 0 Å². The van der Waals surface area contributed by atoms with Gasteiger partial charge < -0.3 is 0 Å². The topological polar surface area (TPSA) is 0 Å². The van der Waals surface area contributed by atoms with Crippen LogP contribution in [-0.2, 0) is 6.42 Å². The molecule has 0 amide bonds. The van der Waals surface area contributed by atoms with E-state index in [2.05, 4.69) is 36.7 Å². The zero-order chi connectivity index (χ0) is 11.4. The second kappa shape index (κ2) is 5.64. The minimum absolute atomic E-state index is 0.143. The van der Waals surface area contributed by atoms with Crippen LogP contribution >= 0.6 is 15.9 Å². The molecular formula is C13H18BrF. The van der Waals surface area contributed by atoms with Gasteiger partial charge in [-0.25, -0.2) is 4.39 Å². The van der Waals surface area contributed by atoms with Gasteiger partial charge in [0.15, 0.2) is 0 Å².